The van der Waals surface area contributed by atoms with E-state index in [2.05, 4.69) is 15.5 Å². The van der Waals surface area contributed by atoms with Gasteiger partial charge in [0.25, 0.3) is 0 Å². The van der Waals surface area contributed by atoms with Gasteiger partial charge in [0.1, 0.15) is 11.3 Å². The minimum atomic E-state index is -1.59. The third-order valence-corrected chi connectivity index (χ3v) is 6.73. The summed E-state index contributed by atoms with van der Waals surface area (Å²) in [5, 5.41) is 17.7. The Hall–Kier alpha value is -4.29. The Morgan fingerprint density at radius 3 is 2.15 bits per heavy atom. The highest BCUT2D eigenvalue weighted by Crippen LogP contribution is 2.33. The Balaban J connectivity index is 1.58. The maximum atomic E-state index is 13.7. The molecule has 1 fully saturated rings. The van der Waals surface area contributed by atoms with Gasteiger partial charge in [0, 0.05) is 18.2 Å². The van der Waals surface area contributed by atoms with Crippen LogP contribution in [0.1, 0.15) is 56.5 Å². The number of ether oxygens (including phenoxy) is 3. The summed E-state index contributed by atoms with van der Waals surface area (Å²) >= 11 is 0.986. The van der Waals surface area contributed by atoms with E-state index in [0.29, 0.717) is 0 Å². The quantitative estimate of drug-likeness (QED) is 0.198. The van der Waals surface area contributed by atoms with Gasteiger partial charge in [-0.05, 0) is 31.9 Å². The van der Waals surface area contributed by atoms with Crippen molar-refractivity contribution in [3.8, 4) is 0 Å². The number of thiazole rings is 1. The Bertz CT molecular complexity index is 1340. The molecule has 0 spiro atoms. The van der Waals surface area contributed by atoms with Crippen LogP contribution in [0.25, 0.3) is 0 Å². The van der Waals surface area contributed by atoms with Gasteiger partial charge in [0.2, 0.25) is 11.3 Å². The summed E-state index contributed by atoms with van der Waals surface area (Å²) in [5.74, 6) is -2.13. The molecule has 41 heavy (non-hydrogen) atoms. The molecule has 0 bridgehead atoms. The number of carbonyl (C=O) groups excluding carboxylic acids is 2. The first-order valence-electron chi connectivity index (χ1n) is 12.9. The molecular formula is C29H31N3O8S. The van der Waals surface area contributed by atoms with E-state index in [-0.39, 0.29) is 36.9 Å². The van der Waals surface area contributed by atoms with Crippen molar-refractivity contribution in [1.29, 1.82) is 0 Å². The van der Waals surface area contributed by atoms with E-state index < -0.39 is 41.0 Å². The highest BCUT2D eigenvalue weighted by atomic mass is 32.1. The van der Waals surface area contributed by atoms with Crippen LogP contribution in [0, 0.1) is 0 Å². The van der Waals surface area contributed by atoms with Gasteiger partial charge in [0.15, 0.2) is 11.2 Å². The second-order valence-electron chi connectivity index (χ2n) is 10.2. The van der Waals surface area contributed by atoms with Crippen LogP contribution in [0.4, 0.5) is 9.93 Å². The molecule has 1 saturated heterocycles. The molecule has 2 aromatic carbocycles. The summed E-state index contributed by atoms with van der Waals surface area (Å²) in [7, 11) is 0. The summed E-state index contributed by atoms with van der Waals surface area (Å²) in [6.07, 6.45) is -1.27. The smallest absolute Gasteiger partial charge is 0.413 e. The van der Waals surface area contributed by atoms with Gasteiger partial charge in [-0.1, -0.05) is 65.8 Å². The van der Waals surface area contributed by atoms with Gasteiger partial charge in [0.05, 0.1) is 13.2 Å². The Morgan fingerprint density at radius 2 is 1.61 bits per heavy atom. The van der Waals surface area contributed by atoms with Crippen LogP contribution < -0.4 is 5.32 Å². The highest BCUT2D eigenvalue weighted by Gasteiger charge is 2.46. The first-order chi connectivity index (χ1) is 19.6. The largest absolute Gasteiger partial charge is 0.476 e. The van der Waals surface area contributed by atoms with Crippen LogP contribution in [0.3, 0.4) is 0 Å². The number of carboxylic acid groups (broad SMARTS) is 1. The average molecular weight is 582 g/mol. The van der Waals surface area contributed by atoms with E-state index in [1.807, 2.05) is 60.7 Å². The molecule has 3 aromatic rings. The molecule has 0 aliphatic carbocycles. The van der Waals surface area contributed by atoms with Gasteiger partial charge in [-0.15, -0.1) is 11.3 Å². The lowest BCUT2D eigenvalue weighted by Crippen LogP contribution is -2.47. The number of nitrogens with one attached hydrogen (secondary N) is 1. The van der Waals surface area contributed by atoms with E-state index in [1.165, 1.54) is 5.38 Å². The van der Waals surface area contributed by atoms with Crippen LogP contribution >= 0.6 is 11.3 Å². The molecule has 0 atom stereocenters. The first-order valence-corrected chi connectivity index (χ1v) is 13.8. The van der Waals surface area contributed by atoms with Crippen molar-refractivity contribution in [2.45, 2.75) is 50.9 Å². The number of amides is 1. The van der Waals surface area contributed by atoms with E-state index >= 15 is 0 Å². The SMILES string of the molecule is CC(C)(C)OC(=O)Nc1nc(/C(=N/OC2(C(=O)OC(c3ccccc3)c3ccccc3)CCOCC2)C(=O)O)cs1. The van der Waals surface area contributed by atoms with Gasteiger partial charge in [-0.25, -0.2) is 19.4 Å². The number of oxime groups is 1. The van der Waals surface area contributed by atoms with Crippen molar-refractivity contribution in [3.05, 3.63) is 82.9 Å². The minimum Gasteiger partial charge on any atom is -0.476 e. The predicted octanol–water partition coefficient (Wildman–Crippen LogP) is 5.18. The average Bonchev–Trinajstić information content (AvgIpc) is 3.39. The molecule has 12 heteroatoms. The lowest BCUT2D eigenvalue weighted by molar-refractivity contribution is -0.189. The van der Waals surface area contributed by atoms with E-state index in [9.17, 15) is 19.5 Å². The molecule has 0 saturated carbocycles. The zero-order valence-corrected chi connectivity index (χ0v) is 23.7. The lowest BCUT2D eigenvalue weighted by atomic mass is 9.94. The Morgan fingerprint density at radius 1 is 1.02 bits per heavy atom. The molecule has 1 aromatic heterocycles. The number of esters is 1. The van der Waals surface area contributed by atoms with Crippen LogP contribution in [-0.2, 0) is 28.6 Å². The van der Waals surface area contributed by atoms with Gasteiger partial charge in [-0.2, -0.15) is 0 Å². The second kappa shape index (κ2) is 12.9. The third kappa shape index (κ3) is 7.89. The fourth-order valence-electron chi connectivity index (χ4n) is 3.99. The summed E-state index contributed by atoms with van der Waals surface area (Å²) < 4.78 is 16.7. The molecule has 4 rings (SSSR count). The maximum Gasteiger partial charge on any atom is 0.413 e. The van der Waals surface area contributed by atoms with Crippen molar-refractivity contribution < 1.29 is 38.5 Å². The van der Waals surface area contributed by atoms with Crippen LogP contribution in [0.2, 0.25) is 0 Å². The van der Waals surface area contributed by atoms with Gasteiger partial charge < -0.3 is 24.2 Å². The van der Waals surface area contributed by atoms with Crippen molar-refractivity contribution in [2.75, 3.05) is 18.5 Å². The van der Waals surface area contributed by atoms with Gasteiger partial charge in [-0.3, -0.25) is 5.32 Å². The molecular weight excluding hydrogens is 550 g/mol. The number of carbonyl (C=O) groups is 3. The summed E-state index contributed by atoms with van der Waals surface area (Å²) in [6, 6.07) is 18.6. The number of hydrogen-bond acceptors (Lipinski definition) is 10. The topological polar surface area (TPSA) is 146 Å². The monoisotopic (exact) mass is 581 g/mol. The number of rotatable bonds is 9. The molecule has 2 heterocycles. The van der Waals surface area contributed by atoms with Crippen LogP contribution in [0.5, 0.6) is 0 Å². The molecule has 1 amide bonds. The minimum absolute atomic E-state index is 0.0596. The number of benzene rings is 2. The summed E-state index contributed by atoms with van der Waals surface area (Å²) in [6.45, 7) is 5.52. The van der Waals surface area contributed by atoms with E-state index in [4.69, 9.17) is 19.0 Å². The van der Waals surface area contributed by atoms with E-state index in [1.54, 1.807) is 20.8 Å². The molecule has 0 radical (unpaired) electrons. The van der Waals surface area contributed by atoms with Crippen molar-refractivity contribution in [2.24, 2.45) is 5.16 Å². The number of anilines is 1. The normalized spacial score (nSPS) is 15.2. The highest BCUT2D eigenvalue weighted by molar-refractivity contribution is 7.14. The Labute approximate surface area is 241 Å². The predicted molar refractivity (Wildman–Crippen MR) is 151 cm³/mol. The Kier molecular flexibility index (Phi) is 9.35. The first kappa shape index (κ1) is 29.7. The fraction of sp³-hybridized carbons (Fsp3) is 0.345. The molecule has 11 nitrogen and oxygen atoms in total. The summed E-state index contributed by atoms with van der Waals surface area (Å²) in [4.78, 5) is 47.8. The standard InChI is InChI=1S/C29H31N3O8S/c1-28(2,3)39-27(36)31-26-30-21(18-41-26)22(24(33)34)32-40-29(14-16-37-17-15-29)25(35)38-23(19-10-6-4-7-11-19)20-12-8-5-9-13-20/h4-13,18,23H,14-17H2,1-3H3,(H,33,34)(H,30,31,36)/b32-22-. The maximum absolute atomic E-state index is 13.7. The molecule has 216 valence electrons. The molecule has 1 aliphatic rings. The summed E-state index contributed by atoms with van der Waals surface area (Å²) in [5.41, 5.74) is -1.39. The number of carboxylic acids is 1. The van der Waals surface area contributed by atoms with E-state index in [0.717, 1.165) is 22.5 Å². The number of nitrogens with zero attached hydrogens (tertiary/aromatic N) is 2. The van der Waals surface area contributed by atoms with Crippen molar-refractivity contribution >= 4 is 40.2 Å². The van der Waals surface area contributed by atoms with Crippen molar-refractivity contribution in [1.82, 2.24) is 4.98 Å². The van der Waals surface area contributed by atoms with Crippen molar-refractivity contribution in [3.63, 3.8) is 0 Å². The molecule has 1 aliphatic heterocycles. The lowest BCUT2D eigenvalue weighted by Gasteiger charge is -2.34. The van der Waals surface area contributed by atoms with Gasteiger partial charge >= 0.3 is 18.0 Å². The zero-order chi connectivity index (χ0) is 29.5. The number of aromatic nitrogens is 1. The zero-order valence-electron chi connectivity index (χ0n) is 22.9. The molecule has 2 N–H and O–H groups in total. The fourth-order valence-corrected chi connectivity index (χ4v) is 4.67. The molecule has 0 unspecified atom stereocenters. The third-order valence-electron chi connectivity index (χ3n) is 5.97. The number of aliphatic carboxylic acids is 1. The van der Waals surface area contributed by atoms with Crippen LogP contribution in [0.15, 0.2) is 71.2 Å². The second-order valence-corrected chi connectivity index (χ2v) is 11.1. The number of hydrogen-bond donors (Lipinski definition) is 2. The van der Waals surface area contributed by atoms with Crippen LogP contribution in [-0.4, -0.2) is 58.2 Å².